The molecule has 3 aliphatic carbocycles. The number of rotatable bonds is 3. The van der Waals surface area contributed by atoms with E-state index in [1.807, 2.05) is 20.8 Å². The predicted octanol–water partition coefficient (Wildman–Crippen LogP) is 10.3. The van der Waals surface area contributed by atoms with E-state index in [0.717, 1.165) is 17.8 Å². The molecule has 0 nitrogen and oxygen atoms in total. The molecule has 0 aromatic carbocycles. The molecule has 4 unspecified atom stereocenters. The molecule has 0 radical (unpaired) electrons. The fourth-order valence-electron chi connectivity index (χ4n) is 4.36. The second-order valence-corrected chi connectivity index (χ2v) is 14.8. The van der Waals surface area contributed by atoms with Gasteiger partial charge in [-0.25, -0.2) is 8.78 Å². The number of hydrogen-bond donors (Lipinski definition) is 0. The molecule has 0 N–H and O–H groups in total. The molecule has 0 aromatic rings. The second kappa shape index (κ2) is 9.78. The third-order valence-corrected chi connectivity index (χ3v) is 6.54. The van der Waals surface area contributed by atoms with E-state index in [1.54, 1.807) is 0 Å². The van der Waals surface area contributed by atoms with Crippen LogP contribution in [0.1, 0.15) is 129 Å². The Morgan fingerprint density at radius 1 is 0.700 bits per heavy atom. The molecule has 0 heterocycles. The summed E-state index contributed by atoms with van der Waals surface area (Å²) < 4.78 is 24.7. The molecule has 0 amide bonds. The SMILES string of the molecule is C.CC(C)(C)CC1CC1(C)C.CC(C)(C)CC1CC1(F)F.CC1CC1CC(C)(C)C. The molecule has 2 heteroatoms. The zero-order valence-electron chi connectivity index (χ0n) is 21.8. The standard InChI is InChI=1S/C10H20.C9H18.C8H14F2.CH4/c1-9(2,3)6-8-7-10(8,4)5;1-7-5-8(7)6-9(2,3)4;1-7(2,3)4-6-5-8(6,9)10;/h8H,6-7H2,1-5H3;7-8H,5-6H2,1-4H3;6H,4-5H2,1-3H3;1H4. The van der Waals surface area contributed by atoms with Gasteiger partial charge >= 0.3 is 0 Å². The molecule has 0 spiro atoms. The average Bonchev–Trinajstić information content (AvgIpc) is 3.30. The van der Waals surface area contributed by atoms with Crippen LogP contribution in [0.15, 0.2) is 0 Å². The van der Waals surface area contributed by atoms with Gasteiger partial charge in [0.1, 0.15) is 0 Å². The summed E-state index contributed by atoms with van der Waals surface area (Å²) in [6.07, 6.45) is 6.53. The first kappa shape index (κ1) is 29.9. The highest BCUT2D eigenvalue weighted by molar-refractivity contribution is 4.97. The van der Waals surface area contributed by atoms with E-state index in [9.17, 15) is 8.78 Å². The number of hydrogen-bond acceptors (Lipinski definition) is 0. The Hall–Kier alpha value is -0.140. The van der Waals surface area contributed by atoms with Gasteiger partial charge in [0.15, 0.2) is 0 Å². The highest BCUT2D eigenvalue weighted by Gasteiger charge is 2.57. The highest BCUT2D eigenvalue weighted by Crippen LogP contribution is 2.56. The van der Waals surface area contributed by atoms with E-state index in [0.29, 0.717) is 22.7 Å². The molecular formula is C28H56F2. The maximum Gasteiger partial charge on any atom is 0.251 e. The predicted molar refractivity (Wildman–Crippen MR) is 131 cm³/mol. The summed E-state index contributed by atoms with van der Waals surface area (Å²) in [5.41, 5.74) is 1.84. The van der Waals surface area contributed by atoms with Gasteiger partial charge in [0, 0.05) is 12.3 Å². The van der Waals surface area contributed by atoms with Gasteiger partial charge in [-0.15, -0.1) is 0 Å². The van der Waals surface area contributed by atoms with E-state index in [4.69, 9.17) is 0 Å². The minimum Gasteiger partial charge on any atom is -0.207 e. The maximum atomic E-state index is 12.3. The van der Waals surface area contributed by atoms with Crippen LogP contribution in [0.4, 0.5) is 8.78 Å². The second-order valence-electron chi connectivity index (χ2n) is 14.8. The summed E-state index contributed by atoms with van der Waals surface area (Å²) in [6, 6.07) is 0. The largest absolute Gasteiger partial charge is 0.251 e. The van der Waals surface area contributed by atoms with Crippen molar-refractivity contribution < 1.29 is 8.78 Å². The molecule has 3 rings (SSSR count). The molecule has 4 atom stereocenters. The smallest absolute Gasteiger partial charge is 0.207 e. The van der Waals surface area contributed by atoms with Crippen LogP contribution in [-0.4, -0.2) is 5.92 Å². The average molecular weight is 431 g/mol. The molecule has 3 fully saturated rings. The Kier molecular flexibility index (Phi) is 9.73. The summed E-state index contributed by atoms with van der Waals surface area (Å²) in [6.45, 7) is 27.1. The summed E-state index contributed by atoms with van der Waals surface area (Å²) >= 11 is 0. The van der Waals surface area contributed by atoms with Crippen LogP contribution in [-0.2, 0) is 0 Å². The van der Waals surface area contributed by atoms with Gasteiger partial charge < -0.3 is 0 Å². The van der Waals surface area contributed by atoms with E-state index < -0.39 is 5.92 Å². The Labute approximate surface area is 189 Å². The van der Waals surface area contributed by atoms with Crippen LogP contribution < -0.4 is 0 Å². The van der Waals surface area contributed by atoms with Crippen LogP contribution >= 0.6 is 0 Å². The summed E-state index contributed by atoms with van der Waals surface area (Å²) in [4.78, 5) is 0. The van der Waals surface area contributed by atoms with Crippen LogP contribution in [0.2, 0.25) is 0 Å². The number of alkyl halides is 2. The molecule has 0 bridgehead atoms. The lowest BCUT2D eigenvalue weighted by atomic mass is 9.87. The Morgan fingerprint density at radius 3 is 1.10 bits per heavy atom. The van der Waals surface area contributed by atoms with Crippen molar-refractivity contribution in [3.05, 3.63) is 0 Å². The van der Waals surface area contributed by atoms with E-state index in [2.05, 4.69) is 62.3 Å². The zero-order chi connectivity index (χ0) is 23.1. The molecule has 0 aliphatic heterocycles. The van der Waals surface area contributed by atoms with Gasteiger partial charge in [-0.2, -0.15) is 0 Å². The first-order valence-electron chi connectivity index (χ1n) is 12.0. The van der Waals surface area contributed by atoms with Gasteiger partial charge in [-0.3, -0.25) is 0 Å². The van der Waals surface area contributed by atoms with Crippen molar-refractivity contribution in [2.24, 2.45) is 45.3 Å². The summed E-state index contributed by atoms with van der Waals surface area (Å²) in [5.74, 6) is 0.446. The Bertz CT molecular complexity index is 476. The third-order valence-electron chi connectivity index (χ3n) is 6.54. The zero-order valence-corrected chi connectivity index (χ0v) is 21.8. The van der Waals surface area contributed by atoms with Crippen LogP contribution in [0.5, 0.6) is 0 Å². The molecular weight excluding hydrogens is 374 g/mol. The third kappa shape index (κ3) is 13.3. The van der Waals surface area contributed by atoms with Gasteiger partial charge in [0.05, 0.1) is 0 Å². The molecule has 3 saturated carbocycles. The lowest BCUT2D eigenvalue weighted by Crippen LogP contribution is -2.08. The normalized spacial score (nSPS) is 30.6. The van der Waals surface area contributed by atoms with Crippen LogP contribution in [0.25, 0.3) is 0 Å². The first-order valence-corrected chi connectivity index (χ1v) is 12.0. The lowest BCUT2D eigenvalue weighted by Gasteiger charge is -2.18. The van der Waals surface area contributed by atoms with Crippen LogP contribution in [0.3, 0.4) is 0 Å². The molecule has 3 aliphatic rings. The van der Waals surface area contributed by atoms with Gasteiger partial charge in [0.25, 0.3) is 5.92 Å². The van der Waals surface area contributed by atoms with Crippen molar-refractivity contribution in [2.45, 2.75) is 135 Å². The van der Waals surface area contributed by atoms with Gasteiger partial charge in [-0.1, -0.05) is 90.5 Å². The highest BCUT2D eigenvalue weighted by atomic mass is 19.3. The Morgan fingerprint density at radius 2 is 1.00 bits per heavy atom. The molecule has 0 aromatic heterocycles. The lowest BCUT2D eigenvalue weighted by molar-refractivity contribution is 0.0884. The van der Waals surface area contributed by atoms with E-state index in [-0.39, 0.29) is 25.2 Å². The van der Waals surface area contributed by atoms with Crippen LogP contribution in [0, 0.1) is 45.3 Å². The quantitative estimate of drug-likeness (QED) is 0.417. The minimum atomic E-state index is -2.33. The summed E-state index contributed by atoms with van der Waals surface area (Å²) in [7, 11) is 0. The van der Waals surface area contributed by atoms with Crippen molar-refractivity contribution in [1.82, 2.24) is 0 Å². The Balaban J connectivity index is 0.000000414. The van der Waals surface area contributed by atoms with Crippen molar-refractivity contribution in [3.63, 3.8) is 0 Å². The van der Waals surface area contributed by atoms with Crippen molar-refractivity contribution in [2.75, 3.05) is 0 Å². The van der Waals surface area contributed by atoms with Crippen molar-refractivity contribution in [1.29, 1.82) is 0 Å². The van der Waals surface area contributed by atoms with Gasteiger partial charge in [-0.05, 0) is 71.5 Å². The fourth-order valence-corrected chi connectivity index (χ4v) is 4.36. The van der Waals surface area contributed by atoms with Gasteiger partial charge in [0.2, 0.25) is 0 Å². The van der Waals surface area contributed by atoms with Crippen molar-refractivity contribution in [3.8, 4) is 0 Å². The fraction of sp³-hybridized carbons (Fsp3) is 1.00. The minimum absolute atomic E-state index is 0. The molecule has 30 heavy (non-hydrogen) atoms. The maximum absolute atomic E-state index is 12.3. The van der Waals surface area contributed by atoms with E-state index in [1.165, 1.54) is 25.7 Å². The van der Waals surface area contributed by atoms with Crippen molar-refractivity contribution >= 4 is 0 Å². The molecule has 182 valence electrons. The topological polar surface area (TPSA) is 0 Å². The summed E-state index contributed by atoms with van der Waals surface area (Å²) in [5, 5.41) is 0. The monoisotopic (exact) mass is 430 g/mol. The number of halogens is 2. The first-order chi connectivity index (χ1) is 12.6. The van der Waals surface area contributed by atoms with E-state index >= 15 is 0 Å². The molecule has 0 saturated heterocycles.